The van der Waals surface area contributed by atoms with Gasteiger partial charge in [-0.25, -0.2) is 4.39 Å². The maximum atomic E-state index is 14.3. The Morgan fingerprint density at radius 3 is 1.72 bits per heavy atom. The number of rotatable bonds is 3. The van der Waals surface area contributed by atoms with Crippen LogP contribution in [0.2, 0.25) is 0 Å². The molecule has 29 heavy (non-hydrogen) atoms. The van der Waals surface area contributed by atoms with Crippen molar-refractivity contribution in [3.63, 3.8) is 0 Å². The number of allylic oxidation sites excluding steroid dienone is 2. The number of hydrogen-bond donors (Lipinski definition) is 0. The van der Waals surface area contributed by atoms with Gasteiger partial charge in [-0.05, 0) is 62.7 Å². The minimum atomic E-state index is -0.218. The van der Waals surface area contributed by atoms with Gasteiger partial charge in [0.15, 0.2) is 0 Å². The van der Waals surface area contributed by atoms with Gasteiger partial charge < -0.3 is 0 Å². The molecular formula is C28H19F. The normalized spacial score (nSPS) is 12.4. The third-order valence-corrected chi connectivity index (χ3v) is 5.31. The maximum Gasteiger partial charge on any atom is 0.123 e. The predicted molar refractivity (Wildman–Crippen MR) is 120 cm³/mol. The van der Waals surface area contributed by atoms with Crippen molar-refractivity contribution >= 4 is 22.8 Å². The van der Waals surface area contributed by atoms with Crippen LogP contribution in [0.15, 0.2) is 109 Å². The van der Waals surface area contributed by atoms with Crippen LogP contribution in [-0.2, 0) is 0 Å². The second kappa shape index (κ2) is 7.37. The number of halogens is 1. The van der Waals surface area contributed by atoms with E-state index in [2.05, 4.69) is 42.5 Å². The Labute approximate surface area is 170 Å². The molecule has 0 amide bonds. The predicted octanol–water partition coefficient (Wildman–Crippen LogP) is 7.34. The zero-order valence-electron chi connectivity index (χ0n) is 15.8. The molecule has 0 saturated carbocycles. The van der Waals surface area contributed by atoms with Crippen molar-refractivity contribution in [1.82, 2.24) is 0 Å². The van der Waals surface area contributed by atoms with Gasteiger partial charge >= 0.3 is 0 Å². The quantitative estimate of drug-likeness (QED) is 0.352. The molecule has 0 aliphatic heterocycles. The molecule has 0 atom stereocenters. The molecule has 0 bridgehead atoms. The van der Waals surface area contributed by atoms with Crippen molar-refractivity contribution in [3.8, 4) is 0 Å². The molecule has 138 valence electrons. The largest absolute Gasteiger partial charge is 0.207 e. The molecule has 0 radical (unpaired) electrons. The van der Waals surface area contributed by atoms with Crippen LogP contribution in [0, 0.1) is 5.82 Å². The zero-order valence-corrected chi connectivity index (χ0v) is 15.8. The lowest BCUT2D eigenvalue weighted by Gasteiger charge is -2.17. The van der Waals surface area contributed by atoms with Crippen molar-refractivity contribution in [2.45, 2.75) is 0 Å². The van der Waals surface area contributed by atoms with Crippen molar-refractivity contribution in [3.05, 3.63) is 143 Å². The molecule has 1 aliphatic rings. The van der Waals surface area contributed by atoms with Gasteiger partial charge in [0.25, 0.3) is 0 Å². The standard InChI is InChI=1S/C28H19F/c29-24-17-16-23-18-25(20-10-4-1-5-11-20)28(26(23)19-24)27(21-12-6-2-7-13-21)22-14-8-3-9-15-22/h1-19H. The van der Waals surface area contributed by atoms with Crippen molar-refractivity contribution in [1.29, 1.82) is 0 Å². The summed E-state index contributed by atoms with van der Waals surface area (Å²) in [7, 11) is 0. The molecule has 0 fully saturated rings. The van der Waals surface area contributed by atoms with E-state index in [1.165, 1.54) is 6.07 Å². The van der Waals surface area contributed by atoms with Crippen LogP contribution < -0.4 is 0 Å². The summed E-state index contributed by atoms with van der Waals surface area (Å²) in [5.74, 6) is -0.218. The highest BCUT2D eigenvalue weighted by molar-refractivity contribution is 6.25. The van der Waals surface area contributed by atoms with E-state index < -0.39 is 0 Å². The van der Waals surface area contributed by atoms with Crippen molar-refractivity contribution < 1.29 is 4.39 Å². The number of benzene rings is 4. The Morgan fingerprint density at radius 1 is 0.586 bits per heavy atom. The monoisotopic (exact) mass is 374 g/mol. The number of fused-ring (bicyclic) bond motifs is 1. The summed E-state index contributed by atoms with van der Waals surface area (Å²) in [6.45, 7) is 0. The average molecular weight is 374 g/mol. The first-order chi connectivity index (χ1) is 14.3. The van der Waals surface area contributed by atoms with Crippen molar-refractivity contribution in [2.24, 2.45) is 0 Å². The fourth-order valence-corrected chi connectivity index (χ4v) is 4.02. The van der Waals surface area contributed by atoms with Crippen LogP contribution >= 0.6 is 0 Å². The van der Waals surface area contributed by atoms with Crippen LogP contribution in [0.4, 0.5) is 4.39 Å². The van der Waals surface area contributed by atoms with Gasteiger partial charge in [-0.3, -0.25) is 0 Å². The Hall–Kier alpha value is -3.71. The molecule has 0 spiro atoms. The molecule has 0 aromatic heterocycles. The Bertz CT molecular complexity index is 1180. The van der Waals surface area contributed by atoms with E-state index >= 15 is 0 Å². The minimum Gasteiger partial charge on any atom is -0.207 e. The first-order valence-corrected chi connectivity index (χ1v) is 9.74. The summed E-state index contributed by atoms with van der Waals surface area (Å²) in [6.07, 6.45) is 2.17. The molecule has 0 saturated heterocycles. The fraction of sp³-hybridized carbons (Fsp3) is 0. The second-order valence-corrected chi connectivity index (χ2v) is 7.14. The summed E-state index contributed by atoms with van der Waals surface area (Å²) in [6, 6.07) is 36.1. The summed E-state index contributed by atoms with van der Waals surface area (Å²) >= 11 is 0. The van der Waals surface area contributed by atoms with E-state index in [0.717, 1.165) is 44.5 Å². The SMILES string of the molecule is Fc1ccc2c(c1)C(=C(c1ccccc1)c1ccccc1)C(c1ccccc1)=C2. The summed E-state index contributed by atoms with van der Waals surface area (Å²) in [5.41, 5.74) is 8.66. The van der Waals surface area contributed by atoms with Crippen LogP contribution in [0.1, 0.15) is 27.8 Å². The van der Waals surface area contributed by atoms with Gasteiger partial charge in [0.05, 0.1) is 0 Å². The molecule has 4 aromatic rings. The van der Waals surface area contributed by atoms with Crippen LogP contribution in [0.3, 0.4) is 0 Å². The molecule has 4 aromatic carbocycles. The maximum absolute atomic E-state index is 14.3. The van der Waals surface area contributed by atoms with E-state index in [1.807, 2.05) is 60.7 Å². The third-order valence-electron chi connectivity index (χ3n) is 5.31. The lowest BCUT2D eigenvalue weighted by molar-refractivity contribution is 0.627. The van der Waals surface area contributed by atoms with E-state index in [-0.39, 0.29) is 5.82 Å². The molecule has 1 heteroatoms. The van der Waals surface area contributed by atoms with Crippen molar-refractivity contribution in [2.75, 3.05) is 0 Å². The van der Waals surface area contributed by atoms with E-state index in [4.69, 9.17) is 0 Å². The Balaban J connectivity index is 1.88. The Morgan fingerprint density at radius 2 is 1.14 bits per heavy atom. The van der Waals surface area contributed by atoms with Gasteiger partial charge in [-0.1, -0.05) is 97.1 Å². The highest BCUT2D eigenvalue weighted by Gasteiger charge is 2.25. The van der Waals surface area contributed by atoms with Gasteiger partial charge in [0, 0.05) is 0 Å². The minimum absolute atomic E-state index is 0.218. The summed E-state index contributed by atoms with van der Waals surface area (Å²) in [5, 5.41) is 0. The van der Waals surface area contributed by atoms with Gasteiger partial charge in [0.1, 0.15) is 5.82 Å². The molecule has 0 heterocycles. The topological polar surface area (TPSA) is 0 Å². The first-order valence-electron chi connectivity index (χ1n) is 9.74. The fourth-order valence-electron chi connectivity index (χ4n) is 4.02. The molecule has 0 nitrogen and oxygen atoms in total. The van der Waals surface area contributed by atoms with E-state index in [9.17, 15) is 4.39 Å². The lowest BCUT2D eigenvalue weighted by atomic mass is 9.86. The van der Waals surface area contributed by atoms with Gasteiger partial charge in [0.2, 0.25) is 0 Å². The zero-order chi connectivity index (χ0) is 19.6. The lowest BCUT2D eigenvalue weighted by Crippen LogP contribution is -1.96. The third kappa shape index (κ3) is 3.21. The van der Waals surface area contributed by atoms with Crippen LogP contribution in [0.25, 0.3) is 22.8 Å². The van der Waals surface area contributed by atoms with Crippen LogP contribution in [0.5, 0.6) is 0 Å². The molecule has 0 unspecified atom stereocenters. The molecule has 1 aliphatic carbocycles. The van der Waals surface area contributed by atoms with E-state index in [1.54, 1.807) is 6.07 Å². The molecule has 0 N–H and O–H groups in total. The van der Waals surface area contributed by atoms with Gasteiger partial charge in [-0.15, -0.1) is 0 Å². The number of hydrogen-bond acceptors (Lipinski definition) is 0. The highest BCUT2D eigenvalue weighted by atomic mass is 19.1. The smallest absolute Gasteiger partial charge is 0.123 e. The molecule has 5 rings (SSSR count). The summed E-state index contributed by atoms with van der Waals surface area (Å²) < 4.78 is 14.3. The van der Waals surface area contributed by atoms with E-state index in [0.29, 0.717) is 0 Å². The average Bonchev–Trinajstić information content (AvgIpc) is 3.15. The summed E-state index contributed by atoms with van der Waals surface area (Å²) in [4.78, 5) is 0. The molecular weight excluding hydrogens is 355 g/mol. The Kier molecular flexibility index (Phi) is 4.42. The van der Waals surface area contributed by atoms with Crippen LogP contribution in [-0.4, -0.2) is 0 Å². The second-order valence-electron chi connectivity index (χ2n) is 7.14. The van der Waals surface area contributed by atoms with Gasteiger partial charge in [-0.2, -0.15) is 0 Å². The highest BCUT2D eigenvalue weighted by Crippen LogP contribution is 2.47. The first kappa shape index (κ1) is 17.4.